The molecule has 0 spiro atoms. The van der Waals surface area contributed by atoms with Crippen LogP contribution in [0.3, 0.4) is 0 Å². The topological polar surface area (TPSA) is 3.24 Å². The van der Waals surface area contributed by atoms with Crippen LogP contribution in [0.1, 0.15) is 0 Å². The summed E-state index contributed by atoms with van der Waals surface area (Å²) in [7, 11) is 0. The number of thiocarbonyl (C=S) groups is 1. The Bertz CT molecular complexity index is 137. The first kappa shape index (κ1) is 13.9. The fourth-order valence-corrected chi connectivity index (χ4v) is 0.855. The van der Waals surface area contributed by atoms with Crippen molar-refractivity contribution >= 4 is 29.2 Å². The van der Waals surface area contributed by atoms with Crippen molar-refractivity contribution in [2.75, 3.05) is 13.1 Å². The van der Waals surface area contributed by atoms with Crippen molar-refractivity contribution < 1.29 is 19.5 Å². The SMILES string of the molecule is C=CCN(CC=C)C(=S)S.[Zn+2]. The Hall–Kier alpha value is 0.343. The summed E-state index contributed by atoms with van der Waals surface area (Å²) in [5, 5.41) is 0. The van der Waals surface area contributed by atoms with Crippen LogP contribution in [0.4, 0.5) is 0 Å². The third-order valence-corrected chi connectivity index (χ3v) is 1.51. The van der Waals surface area contributed by atoms with Gasteiger partial charge in [-0.15, -0.1) is 25.8 Å². The van der Waals surface area contributed by atoms with Gasteiger partial charge in [-0.2, -0.15) is 0 Å². The summed E-state index contributed by atoms with van der Waals surface area (Å²) in [6, 6.07) is 0. The van der Waals surface area contributed by atoms with Crippen molar-refractivity contribution in [2.45, 2.75) is 0 Å². The predicted octanol–water partition coefficient (Wildman–Crippen LogP) is 1.87. The summed E-state index contributed by atoms with van der Waals surface area (Å²) in [4.78, 5) is 1.89. The van der Waals surface area contributed by atoms with Gasteiger partial charge in [0, 0.05) is 13.1 Å². The summed E-state index contributed by atoms with van der Waals surface area (Å²) < 4.78 is 0.583. The van der Waals surface area contributed by atoms with E-state index in [0.717, 1.165) is 13.1 Å². The average molecular weight is 239 g/mol. The molecule has 0 fully saturated rings. The molecule has 0 bridgehead atoms. The average Bonchev–Trinajstić information content (AvgIpc) is 1.87. The van der Waals surface area contributed by atoms with E-state index in [4.69, 9.17) is 12.2 Å². The maximum Gasteiger partial charge on any atom is 2.00 e. The van der Waals surface area contributed by atoms with Gasteiger partial charge in [-0.25, -0.2) is 0 Å². The molecule has 0 aromatic carbocycles. The molecular weight excluding hydrogens is 228 g/mol. The van der Waals surface area contributed by atoms with E-state index in [1.54, 1.807) is 12.2 Å². The van der Waals surface area contributed by atoms with Crippen molar-refractivity contribution in [3.8, 4) is 0 Å². The monoisotopic (exact) mass is 237 g/mol. The first-order valence-electron chi connectivity index (χ1n) is 2.92. The van der Waals surface area contributed by atoms with Gasteiger partial charge >= 0.3 is 19.5 Å². The molecule has 56 valence electrons. The molecule has 0 N–H and O–H groups in total. The van der Waals surface area contributed by atoms with E-state index < -0.39 is 0 Å². The summed E-state index contributed by atoms with van der Waals surface area (Å²) in [6.45, 7) is 8.65. The normalized spacial score (nSPS) is 7.73. The number of thiol groups is 1. The van der Waals surface area contributed by atoms with Gasteiger partial charge in [-0.05, 0) is 0 Å². The number of hydrogen-bond acceptors (Lipinski definition) is 1. The van der Waals surface area contributed by atoms with Crippen LogP contribution in [0.5, 0.6) is 0 Å². The van der Waals surface area contributed by atoms with Gasteiger partial charge in [-0.3, -0.25) is 0 Å². The van der Waals surface area contributed by atoms with Crippen molar-refractivity contribution in [3.63, 3.8) is 0 Å². The van der Waals surface area contributed by atoms with Crippen LogP contribution < -0.4 is 0 Å². The standard InChI is InChI=1S/C7H11NS2.Zn/c1-3-5-8(6-4-2)7(9)10;/h3-4H,1-2,5-6H2,(H,9,10);/q;+2. The maximum atomic E-state index is 4.84. The zero-order valence-electron chi connectivity index (χ0n) is 6.49. The van der Waals surface area contributed by atoms with Crippen molar-refractivity contribution in [1.29, 1.82) is 0 Å². The van der Waals surface area contributed by atoms with Crippen LogP contribution in [0.25, 0.3) is 0 Å². The quantitative estimate of drug-likeness (QED) is 0.345. The zero-order chi connectivity index (χ0) is 7.98. The number of rotatable bonds is 4. The minimum atomic E-state index is 0. The molecule has 0 aliphatic heterocycles. The van der Waals surface area contributed by atoms with E-state index >= 15 is 0 Å². The van der Waals surface area contributed by atoms with Gasteiger partial charge in [0.15, 0.2) is 0 Å². The maximum absolute atomic E-state index is 4.84. The fourth-order valence-electron chi connectivity index (χ4n) is 0.542. The molecule has 0 heterocycles. The van der Waals surface area contributed by atoms with E-state index in [1.165, 1.54) is 0 Å². The van der Waals surface area contributed by atoms with E-state index in [1.807, 2.05) is 4.90 Å². The van der Waals surface area contributed by atoms with E-state index in [0.29, 0.717) is 4.32 Å². The third-order valence-electron chi connectivity index (χ3n) is 0.969. The van der Waals surface area contributed by atoms with Crippen molar-refractivity contribution in [1.82, 2.24) is 4.90 Å². The van der Waals surface area contributed by atoms with Gasteiger partial charge in [0.2, 0.25) is 0 Å². The van der Waals surface area contributed by atoms with E-state index in [2.05, 4.69) is 25.8 Å². The largest absolute Gasteiger partial charge is 2.00 e. The van der Waals surface area contributed by atoms with Crippen LogP contribution in [-0.2, 0) is 19.5 Å². The molecule has 0 saturated heterocycles. The zero-order valence-corrected chi connectivity index (χ0v) is 11.2. The van der Waals surface area contributed by atoms with Gasteiger partial charge in [0.25, 0.3) is 0 Å². The second-order valence-electron chi connectivity index (χ2n) is 1.76. The fraction of sp³-hybridized carbons (Fsp3) is 0.286. The molecule has 0 aromatic heterocycles. The molecule has 0 aliphatic rings. The van der Waals surface area contributed by atoms with Crippen LogP contribution in [0, 0.1) is 0 Å². The Morgan fingerprint density at radius 1 is 1.36 bits per heavy atom. The molecule has 0 aromatic rings. The first-order chi connectivity index (χ1) is 4.72. The minimum absolute atomic E-state index is 0. The van der Waals surface area contributed by atoms with Gasteiger partial charge in [0.1, 0.15) is 4.32 Å². The van der Waals surface area contributed by atoms with E-state index in [9.17, 15) is 0 Å². The molecule has 0 atom stereocenters. The van der Waals surface area contributed by atoms with Crippen LogP contribution in [0.2, 0.25) is 0 Å². The Morgan fingerprint density at radius 2 is 1.73 bits per heavy atom. The van der Waals surface area contributed by atoms with Gasteiger partial charge in [0.05, 0.1) is 0 Å². The molecule has 0 unspecified atom stereocenters. The second kappa shape index (κ2) is 8.44. The third kappa shape index (κ3) is 6.73. The predicted molar refractivity (Wildman–Crippen MR) is 53.6 cm³/mol. The van der Waals surface area contributed by atoms with Crippen molar-refractivity contribution in [2.24, 2.45) is 0 Å². The van der Waals surface area contributed by atoms with Crippen LogP contribution >= 0.6 is 24.8 Å². The van der Waals surface area contributed by atoms with Crippen molar-refractivity contribution in [3.05, 3.63) is 25.3 Å². The number of hydrogen-bond donors (Lipinski definition) is 1. The summed E-state index contributed by atoms with van der Waals surface area (Å²) in [6.07, 6.45) is 3.57. The summed E-state index contributed by atoms with van der Waals surface area (Å²) >= 11 is 8.87. The summed E-state index contributed by atoms with van der Waals surface area (Å²) in [5.41, 5.74) is 0. The molecule has 4 heteroatoms. The Kier molecular flexibility index (Phi) is 10.7. The molecule has 0 rings (SSSR count). The summed E-state index contributed by atoms with van der Waals surface area (Å²) in [5.74, 6) is 0. The molecule has 0 saturated carbocycles. The molecule has 0 radical (unpaired) electrons. The first-order valence-corrected chi connectivity index (χ1v) is 3.77. The molecule has 11 heavy (non-hydrogen) atoms. The Balaban J connectivity index is 0. The molecule has 1 nitrogen and oxygen atoms in total. The Morgan fingerprint density at radius 3 is 1.91 bits per heavy atom. The van der Waals surface area contributed by atoms with E-state index in [-0.39, 0.29) is 19.5 Å². The Labute approximate surface area is 91.7 Å². The minimum Gasteiger partial charge on any atom is -0.350 e. The number of nitrogens with zero attached hydrogens (tertiary/aromatic N) is 1. The van der Waals surface area contributed by atoms with Crippen LogP contribution in [0.15, 0.2) is 25.3 Å². The molecule has 0 amide bonds. The van der Waals surface area contributed by atoms with Gasteiger partial charge in [-0.1, -0.05) is 24.4 Å². The molecular formula is C7H11NS2Zn+2. The molecule has 0 aliphatic carbocycles. The second-order valence-corrected chi connectivity index (χ2v) is 2.88. The van der Waals surface area contributed by atoms with Crippen LogP contribution in [-0.4, -0.2) is 22.3 Å². The smallest absolute Gasteiger partial charge is 0.350 e. The van der Waals surface area contributed by atoms with Gasteiger partial charge < -0.3 is 4.90 Å².